The van der Waals surface area contributed by atoms with Gasteiger partial charge in [0.25, 0.3) is 0 Å². The van der Waals surface area contributed by atoms with Gasteiger partial charge in [-0.25, -0.2) is 0 Å². The highest BCUT2D eigenvalue weighted by molar-refractivity contribution is 6.30. The summed E-state index contributed by atoms with van der Waals surface area (Å²) in [7, 11) is 0. The highest BCUT2D eigenvalue weighted by Gasteiger charge is 2.34. The van der Waals surface area contributed by atoms with Crippen LogP contribution in [0, 0.1) is 5.92 Å². The van der Waals surface area contributed by atoms with Crippen molar-refractivity contribution in [3.05, 3.63) is 34.9 Å². The van der Waals surface area contributed by atoms with Crippen LogP contribution in [-0.2, 0) is 20.7 Å². The number of hydrogen-bond donors (Lipinski definition) is 1. The predicted molar refractivity (Wildman–Crippen MR) is 100 cm³/mol. The summed E-state index contributed by atoms with van der Waals surface area (Å²) in [4.78, 5) is 28.7. The van der Waals surface area contributed by atoms with E-state index in [0.717, 1.165) is 44.8 Å². The maximum absolute atomic E-state index is 12.4. The number of halogens is 1. The van der Waals surface area contributed by atoms with Crippen molar-refractivity contribution in [2.45, 2.75) is 12.8 Å². The van der Waals surface area contributed by atoms with Gasteiger partial charge in [0.15, 0.2) is 0 Å². The van der Waals surface area contributed by atoms with Crippen LogP contribution in [0.5, 0.6) is 0 Å². The molecule has 2 saturated heterocycles. The lowest BCUT2D eigenvalue weighted by Crippen LogP contribution is -2.42. The predicted octanol–water partition coefficient (Wildman–Crippen LogP) is 1.18. The van der Waals surface area contributed by atoms with Gasteiger partial charge < -0.3 is 15.0 Å². The van der Waals surface area contributed by atoms with Crippen molar-refractivity contribution in [3.8, 4) is 0 Å². The number of nitrogens with zero attached hydrogens (tertiary/aromatic N) is 2. The topological polar surface area (TPSA) is 61.9 Å². The maximum Gasteiger partial charge on any atom is 0.225 e. The van der Waals surface area contributed by atoms with Crippen molar-refractivity contribution in [1.82, 2.24) is 15.1 Å². The first-order valence-electron chi connectivity index (χ1n) is 9.22. The van der Waals surface area contributed by atoms with Crippen molar-refractivity contribution in [1.29, 1.82) is 0 Å². The van der Waals surface area contributed by atoms with Crippen LogP contribution in [0.4, 0.5) is 0 Å². The van der Waals surface area contributed by atoms with Crippen molar-refractivity contribution in [2.24, 2.45) is 5.92 Å². The summed E-state index contributed by atoms with van der Waals surface area (Å²) >= 11 is 5.97. The molecule has 2 aliphatic rings. The SMILES string of the molecule is O=C(NCCc1cccc(Cl)c1)C1CC(=O)N(CCN2CCOCC2)C1. The van der Waals surface area contributed by atoms with Gasteiger partial charge in [-0.2, -0.15) is 0 Å². The van der Waals surface area contributed by atoms with E-state index in [1.54, 1.807) is 0 Å². The first-order chi connectivity index (χ1) is 12.6. The first-order valence-corrected chi connectivity index (χ1v) is 9.59. The Morgan fingerprint density at radius 3 is 2.85 bits per heavy atom. The minimum absolute atomic E-state index is 0.0331. The van der Waals surface area contributed by atoms with Gasteiger partial charge in [-0.3, -0.25) is 14.5 Å². The number of hydrogen-bond acceptors (Lipinski definition) is 4. The summed E-state index contributed by atoms with van der Waals surface area (Å²) in [5.41, 5.74) is 1.09. The highest BCUT2D eigenvalue weighted by Crippen LogP contribution is 2.18. The van der Waals surface area contributed by atoms with E-state index in [1.165, 1.54) is 0 Å². The Labute approximate surface area is 159 Å². The molecule has 0 aliphatic carbocycles. The molecule has 0 saturated carbocycles. The van der Waals surface area contributed by atoms with Gasteiger partial charge in [0.1, 0.15) is 0 Å². The second kappa shape index (κ2) is 9.35. The number of carbonyl (C=O) groups is 2. The fraction of sp³-hybridized carbons (Fsp3) is 0.579. The Kier molecular flexibility index (Phi) is 6.88. The number of morpholine rings is 1. The molecule has 2 aliphatic heterocycles. The minimum Gasteiger partial charge on any atom is -0.379 e. The smallest absolute Gasteiger partial charge is 0.225 e. The number of carbonyl (C=O) groups excluding carboxylic acids is 2. The molecule has 3 rings (SSSR count). The van der Waals surface area contributed by atoms with E-state index in [4.69, 9.17) is 16.3 Å². The van der Waals surface area contributed by atoms with Crippen LogP contribution < -0.4 is 5.32 Å². The summed E-state index contributed by atoms with van der Waals surface area (Å²) in [6.45, 7) is 5.94. The quantitative estimate of drug-likeness (QED) is 0.772. The molecular weight excluding hydrogens is 354 g/mol. The Bertz CT molecular complexity index is 634. The van der Waals surface area contributed by atoms with Crippen LogP contribution in [0.25, 0.3) is 0 Å². The second-order valence-electron chi connectivity index (χ2n) is 6.87. The minimum atomic E-state index is -0.244. The third-order valence-corrected chi connectivity index (χ3v) is 5.21. The average Bonchev–Trinajstić information content (AvgIpc) is 3.02. The van der Waals surface area contributed by atoms with E-state index >= 15 is 0 Å². The van der Waals surface area contributed by atoms with Crippen LogP contribution in [-0.4, -0.2) is 74.1 Å². The molecule has 2 fully saturated rings. The van der Waals surface area contributed by atoms with Gasteiger partial charge in [0.05, 0.1) is 19.1 Å². The zero-order valence-electron chi connectivity index (χ0n) is 15.0. The fourth-order valence-corrected chi connectivity index (χ4v) is 3.63. The molecular formula is C19H26ClN3O3. The normalized spacial score (nSPS) is 21.2. The maximum atomic E-state index is 12.4. The van der Waals surface area contributed by atoms with E-state index in [2.05, 4.69) is 10.2 Å². The summed E-state index contributed by atoms with van der Waals surface area (Å²) < 4.78 is 5.33. The molecule has 1 aromatic carbocycles. The molecule has 0 bridgehead atoms. The molecule has 7 heteroatoms. The highest BCUT2D eigenvalue weighted by atomic mass is 35.5. The monoisotopic (exact) mass is 379 g/mol. The molecule has 26 heavy (non-hydrogen) atoms. The number of ether oxygens (including phenoxy) is 1. The summed E-state index contributed by atoms with van der Waals surface area (Å²) in [6.07, 6.45) is 1.04. The van der Waals surface area contributed by atoms with Crippen LogP contribution >= 0.6 is 11.6 Å². The molecule has 0 radical (unpaired) electrons. The van der Waals surface area contributed by atoms with Gasteiger partial charge in [-0.05, 0) is 24.1 Å². The fourth-order valence-electron chi connectivity index (χ4n) is 3.42. The van der Waals surface area contributed by atoms with E-state index in [-0.39, 0.29) is 17.7 Å². The van der Waals surface area contributed by atoms with Crippen molar-refractivity contribution in [2.75, 3.05) is 52.5 Å². The third kappa shape index (κ3) is 5.43. The average molecular weight is 380 g/mol. The summed E-state index contributed by atoms with van der Waals surface area (Å²) in [6, 6.07) is 7.63. The lowest BCUT2D eigenvalue weighted by molar-refractivity contribution is -0.129. The first kappa shape index (κ1) is 19.1. The number of likely N-dealkylation sites (tertiary alicyclic amines) is 1. The Balaban J connectivity index is 1.38. The van der Waals surface area contributed by atoms with Crippen molar-refractivity contribution < 1.29 is 14.3 Å². The summed E-state index contributed by atoms with van der Waals surface area (Å²) in [5.74, 6) is -0.200. The van der Waals surface area contributed by atoms with Gasteiger partial charge in [-0.1, -0.05) is 23.7 Å². The molecule has 1 atom stereocenters. The molecule has 6 nitrogen and oxygen atoms in total. The van der Waals surface area contributed by atoms with Crippen molar-refractivity contribution >= 4 is 23.4 Å². The molecule has 0 aromatic heterocycles. The Morgan fingerprint density at radius 2 is 2.08 bits per heavy atom. The van der Waals surface area contributed by atoms with E-state index < -0.39 is 0 Å². The zero-order chi connectivity index (χ0) is 18.4. The number of nitrogens with one attached hydrogen (secondary N) is 1. The molecule has 1 N–H and O–H groups in total. The van der Waals surface area contributed by atoms with Crippen LogP contribution in [0.3, 0.4) is 0 Å². The molecule has 142 valence electrons. The molecule has 0 spiro atoms. The molecule has 2 heterocycles. The molecule has 1 unspecified atom stereocenters. The van der Waals surface area contributed by atoms with Crippen molar-refractivity contribution in [3.63, 3.8) is 0 Å². The summed E-state index contributed by atoms with van der Waals surface area (Å²) in [5, 5.41) is 3.65. The lowest BCUT2D eigenvalue weighted by Gasteiger charge is -2.28. The van der Waals surface area contributed by atoms with Gasteiger partial charge in [0, 0.05) is 50.7 Å². The largest absolute Gasteiger partial charge is 0.379 e. The van der Waals surface area contributed by atoms with Crippen LogP contribution in [0.15, 0.2) is 24.3 Å². The van der Waals surface area contributed by atoms with E-state index in [9.17, 15) is 9.59 Å². The Hall–Kier alpha value is -1.63. The van der Waals surface area contributed by atoms with E-state index in [0.29, 0.717) is 31.1 Å². The standard InChI is InChI=1S/C19H26ClN3O3/c20-17-3-1-2-15(12-17)4-5-21-19(25)16-13-18(24)23(14-16)7-6-22-8-10-26-11-9-22/h1-3,12,16H,4-11,13-14H2,(H,21,25). The van der Waals surface area contributed by atoms with Gasteiger partial charge in [-0.15, -0.1) is 0 Å². The number of rotatable bonds is 7. The zero-order valence-corrected chi connectivity index (χ0v) is 15.7. The number of benzene rings is 1. The lowest BCUT2D eigenvalue weighted by atomic mass is 10.1. The van der Waals surface area contributed by atoms with E-state index in [1.807, 2.05) is 29.2 Å². The van der Waals surface area contributed by atoms with Gasteiger partial charge >= 0.3 is 0 Å². The second-order valence-corrected chi connectivity index (χ2v) is 7.30. The van der Waals surface area contributed by atoms with Gasteiger partial charge in [0.2, 0.25) is 11.8 Å². The van der Waals surface area contributed by atoms with Crippen LogP contribution in [0.2, 0.25) is 5.02 Å². The van der Waals surface area contributed by atoms with Crippen LogP contribution in [0.1, 0.15) is 12.0 Å². The Morgan fingerprint density at radius 1 is 1.27 bits per heavy atom. The third-order valence-electron chi connectivity index (χ3n) is 4.98. The molecule has 1 aromatic rings. The number of amides is 2. The molecule has 2 amide bonds.